The van der Waals surface area contributed by atoms with Crippen LogP contribution in [0.25, 0.3) is 0 Å². The third-order valence-corrected chi connectivity index (χ3v) is 14.0. The maximum absolute atomic E-state index is 15.3. The lowest BCUT2D eigenvalue weighted by Gasteiger charge is -2.39. The molecule has 4 aliphatic rings. The van der Waals surface area contributed by atoms with Crippen molar-refractivity contribution >= 4 is 60.9 Å². The number of rotatable bonds is 13. The average Bonchev–Trinajstić information content (AvgIpc) is 3.56. The topological polar surface area (TPSA) is 184 Å². The molecule has 4 aliphatic heterocycles. The summed E-state index contributed by atoms with van der Waals surface area (Å²) in [4.78, 5) is 96.4. The number of hydrogen-bond acceptors (Lipinski definition) is 11. The number of nitrogens with zero attached hydrogens (tertiary/aromatic N) is 4. The normalized spacial score (nSPS) is 25.1. The van der Waals surface area contributed by atoms with Crippen molar-refractivity contribution in [3.8, 4) is 0 Å². The summed E-state index contributed by atoms with van der Waals surface area (Å²) in [5.41, 5.74) is 0.999. The van der Waals surface area contributed by atoms with Crippen molar-refractivity contribution in [3.05, 3.63) is 89.5 Å². The van der Waals surface area contributed by atoms with Crippen LogP contribution in [0.5, 0.6) is 0 Å². The van der Waals surface area contributed by atoms with Crippen molar-refractivity contribution < 1.29 is 52.9 Å². The lowest BCUT2D eigenvalue weighted by molar-refractivity contribution is -0.155. The van der Waals surface area contributed by atoms with Gasteiger partial charge in [0.25, 0.3) is 5.91 Å². The van der Waals surface area contributed by atoms with Gasteiger partial charge in [-0.05, 0) is 54.6 Å². The van der Waals surface area contributed by atoms with Crippen LogP contribution in [0.2, 0.25) is 18.6 Å². The van der Waals surface area contributed by atoms with Crippen LogP contribution in [0.3, 0.4) is 0 Å². The molecule has 3 saturated heterocycles. The van der Waals surface area contributed by atoms with E-state index in [0.29, 0.717) is 28.2 Å². The minimum atomic E-state index is -3.21. The van der Waals surface area contributed by atoms with E-state index < -0.39 is 61.8 Å². The lowest BCUT2D eigenvalue weighted by Crippen LogP contribution is -2.55. The maximum atomic E-state index is 15.3. The first kappa shape index (κ1) is 40.8. The second-order valence-electron chi connectivity index (χ2n) is 15.9. The molecule has 58 heavy (non-hydrogen) atoms. The summed E-state index contributed by atoms with van der Waals surface area (Å²) < 4.78 is 17.7. The molecule has 0 radical (unpaired) electrons. The zero-order valence-electron chi connectivity index (χ0n) is 33.1. The average molecular weight is 813 g/mol. The summed E-state index contributed by atoms with van der Waals surface area (Å²) in [5, 5.41) is 9.91. The molecule has 6 atom stereocenters. The van der Waals surface area contributed by atoms with Gasteiger partial charge in [0.05, 0.1) is 44.2 Å². The maximum Gasteiger partial charge on any atom is 0.304 e. The van der Waals surface area contributed by atoms with E-state index in [4.69, 9.17) is 14.2 Å². The molecule has 4 heterocycles. The molecule has 1 spiro atoms. The van der Waals surface area contributed by atoms with Crippen molar-refractivity contribution in [1.29, 1.82) is 0 Å². The zero-order valence-corrected chi connectivity index (χ0v) is 34.1. The van der Waals surface area contributed by atoms with Gasteiger partial charge in [-0.1, -0.05) is 49.4 Å². The predicted molar refractivity (Wildman–Crippen MR) is 212 cm³/mol. The van der Waals surface area contributed by atoms with Crippen molar-refractivity contribution in [2.45, 2.75) is 95.9 Å². The van der Waals surface area contributed by atoms with E-state index in [2.05, 4.69) is 0 Å². The third-order valence-electron chi connectivity index (χ3n) is 11.5. The number of esters is 2. The van der Waals surface area contributed by atoms with Crippen molar-refractivity contribution in [2.24, 2.45) is 5.92 Å². The molecule has 0 aromatic heterocycles. The van der Waals surface area contributed by atoms with Crippen LogP contribution in [0.15, 0.2) is 72.8 Å². The van der Waals surface area contributed by atoms with Crippen molar-refractivity contribution in [3.63, 3.8) is 0 Å². The van der Waals surface area contributed by atoms with Crippen LogP contribution in [-0.4, -0.2) is 90.4 Å². The van der Waals surface area contributed by atoms with Crippen LogP contribution in [-0.2, 0) is 61.7 Å². The lowest BCUT2D eigenvalue weighted by atomic mass is 9.82. The molecule has 15 nitrogen and oxygen atoms in total. The van der Waals surface area contributed by atoms with E-state index in [9.17, 15) is 33.9 Å². The molecule has 0 saturated carbocycles. The Morgan fingerprint density at radius 2 is 1.47 bits per heavy atom. The highest BCUT2D eigenvalue weighted by atomic mass is 28.4. The molecule has 3 fully saturated rings. The van der Waals surface area contributed by atoms with E-state index in [0.717, 1.165) is 5.56 Å². The summed E-state index contributed by atoms with van der Waals surface area (Å²) in [6.07, 6.45) is -2.59. The van der Waals surface area contributed by atoms with E-state index in [1.165, 1.54) is 23.6 Å². The van der Waals surface area contributed by atoms with Gasteiger partial charge in [-0.2, -0.15) is 0 Å². The number of fused-ring (bicyclic) bond motifs is 2. The summed E-state index contributed by atoms with van der Waals surface area (Å²) in [7, 11) is -3.21. The molecule has 2 unspecified atom stereocenters. The molecule has 16 heteroatoms. The van der Waals surface area contributed by atoms with E-state index >= 15 is 4.79 Å². The standard InChI is InChI=1S/C42H48N4O11Si/c1-25-40(58(4,5)54)34(20-35(50)43(16-17-47)23-28-10-7-6-8-11-28)57-42(25)32-19-31(46-37(52)22-39(46)56-27(3)49)14-15-33(32)44(41(42)53)24-29-12-9-13-30(18-29)45-36(51)21-38(45)55-26(2)48/h6-15,18-19,25,34,38-40,47,54H,16-17,20-24H2,1-5H3/t25-,34+,38?,39?,40-,42+/m1/s1. The summed E-state index contributed by atoms with van der Waals surface area (Å²) in [5.74, 6) is -2.97. The highest BCUT2D eigenvalue weighted by Gasteiger charge is 2.66. The first-order valence-electron chi connectivity index (χ1n) is 19.4. The smallest absolute Gasteiger partial charge is 0.304 e. The fourth-order valence-electron chi connectivity index (χ4n) is 9.04. The summed E-state index contributed by atoms with van der Waals surface area (Å²) >= 11 is 0. The molecular formula is C42H48N4O11Si. The number of carbonyl (C=O) groups excluding carboxylic acids is 6. The van der Waals surface area contributed by atoms with Gasteiger partial charge in [0.2, 0.25) is 17.7 Å². The first-order valence-corrected chi connectivity index (χ1v) is 22.4. The number of aliphatic hydroxyl groups is 1. The molecule has 7 rings (SSSR count). The fourth-order valence-corrected chi connectivity index (χ4v) is 11.6. The SMILES string of the molecule is CC(=O)OC1CC(=O)N1c1cccc(CN2C(=O)[C@@]3(O[C@@H](CC(=O)N(CCO)Cc4ccccc4)[C@H]([Si](C)(C)O)[C@H]3C)c3cc(N4C(=O)CC4OC(C)=O)ccc32)c1. The number of aliphatic hydroxyl groups excluding tert-OH is 1. The van der Waals surface area contributed by atoms with Gasteiger partial charge in [0.15, 0.2) is 26.4 Å². The molecular weight excluding hydrogens is 765 g/mol. The van der Waals surface area contributed by atoms with Gasteiger partial charge in [-0.3, -0.25) is 38.6 Å². The van der Waals surface area contributed by atoms with Crippen molar-refractivity contribution in [1.82, 2.24) is 4.90 Å². The Kier molecular flexibility index (Phi) is 11.1. The third kappa shape index (κ3) is 7.40. The minimum absolute atomic E-state index is 0.00216. The van der Waals surface area contributed by atoms with Crippen LogP contribution in [0.1, 0.15) is 56.7 Å². The zero-order chi connectivity index (χ0) is 41.7. The van der Waals surface area contributed by atoms with E-state index in [1.54, 1.807) is 65.4 Å². The molecule has 3 aromatic carbocycles. The fraction of sp³-hybridized carbons (Fsp3) is 0.429. The highest BCUT2D eigenvalue weighted by molar-refractivity contribution is 6.71. The number of hydrogen-bond donors (Lipinski definition) is 2. The van der Waals surface area contributed by atoms with Crippen LogP contribution >= 0.6 is 0 Å². The molecule has 3 aromatic rings. The van der Waals surface area contributed by atoms with Crippen LogP contribution in [0, 0.1) is 5.92 Å². The minimum Gasteiger partial charge on any atom is -0.441 e. The summed E-state index contributed by atoms with van der Waals surface area (Å²) in [6, 6.07) is 21.5. The van der Waals surface area contributed by atoms with Crippen molar-refractivity contribution in [2.75, 3.05) is 27.9 Å². The van der Waals surface area contributed by atoms with E-state index in [-0.39, 0.29) is 63.2 Å². The Morgan fingerprint density at radius 1 is 0.862 bits per heavy atom. The Labute approximate surface area is 337 Å². The number of anilines is 3. The highest BCUT2D eigenvalue weighted by Crippen LogP contribution is 2.60. The van der Waals surface area contributed by atoms with Gasteiger partial charge in [0.1, 0.15) is 0 Å². The van der Waals surface area contributed by atoms with Crippen LogP contribution in [0.4, 0.5) is 17.1 Å². The largest absolute Gasteiger partial charge is 0.441 e. The van der Waals surface area contributed by atoms with Gasteiger partial charge in [-0.25, -0.2) is 0 Å². The number of carbonyl (C=O) groups is 6. The molecule has 4 amide bonds. The van der Waals surface area contributed by atoms with Crippen LogP contribution < -0.4 is 14.7 Å². The van der Waals surface area contributed by atoms with Gasteiger partial charge in [-0.15, -0.1) is 0 Å². The Bertz CT molecular complexity index is 2140. The monoisotopic (exact) mass is 812 g/mol. The molecule has 0 aliphatic carbocycles. The second kappa shape index (κ2) is 15.7. The Hall–Kier alpha value is -5.42. The van der Waals surface area contributed by atoms with Gasteiger partial charge < -0.3 is 33.9 Å². The second-order valence-corrected chi connectivity index (χ2v) is 19.9. The number of β-lactam (4-membered cyclic amide) rings is 2. The first-order chi connectivity index (χ1) is 27.5. The number of benzene rings is 3. The summed E-state index contributed by atoms with van der Waals surface area (Å²) in [6.45, 7) is 7.97. The Balaban J connectivity index is 1.27. The number of ether oxygens (including phenoxy) is 3. The van der Waals surface area contributed by atoms with E-state index in [1.807, 2.05) is 37.3 Å². The molecule has 306 valence electrons. The quantitative estimate of drug-likeness (QED) is 0.146. The molecule has 2 N–H and O–H groups in total. The molecule has 0 bridgehead atoms. The number of amides is 4. The predicted octanol–water partition coefficient (Wildman–Crippen LogP) is 3.69. The van der Waals surface area contributed by atoms with Gasteiger partial charge >= 0.3 is 11.9 Å². The Morgan fingerprint density at radius 3 is 2.03 bits per heavy atom. The van der Waals surface area contributed by atoms with Gasteiger partial charge in [0, 0.05) is 55.3 Å².